The van der Waals surface area contributed by atoms with Gasteiger partial charge < -0.3 is 19.5 Å². The van der Waals surface area contributed by atoms with E-state index in [0.29, 0.717) is 24.7 Å². The number of thiophene rings is 1. The van der Waals surface area contributed by atoms with Crippen LogP contribution in [0.4, 0.5) is 0 Å². The summed E-state index contributed by atoms with van der Waals surface area (Å²) >= 11 is 1.48. The van der Waals surface area contributed by atoms with Gasteiger partial charge >= 0.3 is 0 Å². The topological polar surface area (TPSA) is 56.8 Å². The Morgan fingerprint density at radius 3 is 2.95 bits per heavy atom. The molecule has 0 saturated carbocycles. The first-order valence-corrected chi connectivity index (χ1v) is 7.41. The molecule has 2 heterocycles. The van der Waals surface area contributed by atoms with E-state index in [4.69, 9.17) is 14.2 Å². The van der Waals surface area contributed by atoms with E-state index >= 15 is 0 Å². The maximum Gasteiger partial charge on any atom is 0.261 e. The molecule has 1 aliphatic heterocycles. The average molecular weight is 305 g/mol. The lowest BCUT2D eigenvalue weighted by Gasteiger charge is -2.07. The van der Waals surface area contributed by atoms with Gasteiger partial charge in [-0.15, -0.1) is 11.3 Å². The molecule has 0 radical (unpaired) electrons. The third-order valence-electron chi connectivity index (χ3n) is 2.96. The second kappa shape index (κ2) is 6.05. The number of hydrogen-bond acceptors (Lipinski definition) is 5. The minimum Gasteiger partial charge on any atom is -0.492 e. The summed E-state index contributed by atoms with van der Waals surface area (Å²) < 4.78 is 16.1. The number of hydrogen-bond donors (Lipinski definition) is 1. The third-order valence-corrected chi connectivity index (χ3v) is 3.96. The summed E-state index contributed by atoms with van der Waals surface area (Å²) in [5.74, 6) is 2.04. The highest BCUT2D eigenvalue weighted by atomic mass is 32.1. The molecule has 0 unspecified atom stereocenters. The Morgan fingerprint density at radius 2 is 2.14 bits per heavy atom. The summed E-state index contributed by atoms with van der Waals surface area (Å²) in [6.07, 6.45) is 0. The van der Waals surface area contributed by atoms with Crippen LogP contribution in [0.5, 0.6) is 17.2 Å². The second-order valence-corrected chi connectivity index (χ2v) is 5.82. The van der Waals surface area contributed by atoms with Crippen molar-refractivity contribution in [2.24, 2.45) is 0 Å². The number of aryl methyl sites for hydroxylation is 1. The summed E-state index contributed by atoms with van der Waals surface area (Å²) in [5.41, 5.74) is 0. The Kier molecular flexibility index (Phi) is 3.96. The van der Waals surface area contributed by atoms with Crippen LogP contribution < -0.4 is 19.5 Å². The van der Waals surface area contributed by atoms with Gasteiger partial charge in [-0.2, -0.15) is 0 Å². The number of amides is 1. The molecule has 1 aromatic heterocycles. The van der Waals surface area contributed by atoms with Crippen molar-refractivity contribution >= 4 is 17.2 Å². The van der Waals surface area contributed by atoms with Crippen molar-refractivity contribution in [2.75, 3.05) is 19.9 Å². The number of nitrogens with one attached hydrogen (secondary N) is 1. The Labute approximate surface area is 126 Å². The molecule has 0 fully saturated rings. The summed E-state index contributed by atoms with van der Waals surface area (Å²) in [4.78, 5) is 13.7. The van der Waals surface area contributed by atoms with Gasteiger partial charge in [0.25, 0.3) is 5.91 Å². The number of carbonyl (C=O) groups is 1. The zero-order chi connectivity index (χ0) is 14.7. The molecule has 1 aliphatic rings. The van der Waals surface area contributed by atoms with E-state index in [9.17, 15) is 4.79 Å². The van der Waals surface area contributed by atoms with E-state index in [1.54, 1.807) is 6.07 Å². The summed E-state index contributed by atoms with van der Waals surface area (Å²) in [5, 5.41) is 2.83. The van der Waals surface area contributed by atoms with Crippen molar-refractivity contribution in [3.05, 3.63) is 40.1 Å². The van der Waals surface area contributed by atoms with E-state index in [-0.39, 0.29) is 12.7 Å². The molecule has 2 aromatic rings. The van der Waals surface area contributed by atoms with Gasteiger partial charge in [-0.05, 0) is 31.2 Å². The first-order chi connectivity index (χ1) is 10.2. The van der Waals surface area contributed by atoms with Crippen LogP contribution in [0.2, 0.25) is 0 Å². The lowest BCUT2D eigenvalue weighted by Crippen LogP contribution is -2.27. The zero-order valence-electron chi connectivity index (χ0n) is 11.5. The van der Waals surface area contributed by atoms with Gasteiger partial charge in [-0.25, -0.2) is 0 Å². The predicted octanol–water partition coefficient (Wildman–Crippen LogP) is 2.59. The van der Waals surface area contributed by atoms with Crippen LogP contribution in [0, 0.1) is 6.92 Å². The Bertz CT molecular complexity index is 653. The van der Waals surface area contributed by atoms with Crippen LogP contribution in [0.3, 0.4) is 0 Å². The molecule has 1 N–H and O–H groups in total. The molecule has 5 nitrogen and oxygen atoms in total. The van der Waals surface area contributed by atoms with Crippen LogP contribution in [0.15, 0.2) is 30.3 Å². The fraction of sp³-hybridized carbons (Fsp3) is 0.267. The van der Waals surface area contributed by atoms with Crippen LogP contribution in [0.25, 0.3) is 0 Å². The van der Waals surface area contributed by atoms with Crippen molar-refractivity contribution in [2.45, 2.75) is 6.92 Å². The summed E-state index contributed by atoms with van der Waals surface area (Å²) in [6, 6.07) is 9.17. The summed E-state index contributed by atoms with van der Waals surface area (Å²) in [7, 11) is 0. The van der Waals surface area contributed by atoms with Gasteiger partial charge in [0.1, 0.15) is 12.4 Å². The Morgan fingerprint density at radius 1 is 1.29 bits per heavy atom. The fourth-order valence-electron chi connectivity index (χ4n) is 1.94. The third kappa shape index (κ3) is 3.28. The van der Waals surface area contributed by atoms with Crippen molar-refractivity contribution < 1.29 is 19.0 Å². The molecule has 0 spiro atoms. The van der Waals surface area contributed by atoms with Gasteiger partial charge in [0.15, 0.2) is 11.5 Å². The maximum atomic E-state index is 11.8. The zero-order valence-corrected chi connectivity index (χ0v) is 12.4. The SMILES string of the molecule is Cc1ccc(C(=O)NCCOc2ccc3c(c2)OCO3)s1. The second-order valence-electron chi connectivity index (χ2n) is 4.53. The van der Waals surface area contributed by atoms with E-state index in [1.165, 1.54) is 11.3 Å². The number of benzene rings is 1. The molecule has 0 saturated heterocycles. The quantitative estimate of drug-likeness (QED) is 0.863. The lowest BCUT2D eigenvalue weighted by atomic mass is 10.3. The smallest absolute Gasteiger partial charge is 0.261 e. The van der Waals surface area contributed by atoms with Crippen molar-refractivity contribution in [1.29, 1.82) is 0 Å². The van der Waals surface area contributed by atoms with E-state index < -0.39 is 0 Å². The molecule has 1 amide bonds. The van der Waals surface area contributed by atoms with Gasteiger partial charge in [0.05, 0.1) is 11.4 Å². The van der Waals surface area contributed by atoms with Crippen LogP contribution >= 0.6 is 11.3 Å². The standard InChI is InChI=1S/C15H15NO4S/c1-10-2-5-14(21-10)15(17)16-6-7-18-11-3-4-12-13(8-11)20-9-19-12/h2-5,8H,6-7,9H2,1H3,(H,16,17). The van der Waals surface area contributed by atoms with Gasteiger partial charge in [0.2, 0.25) is 6.79 Å². The summed E-state index contributed by atoms with van der Waals surface area (Å²) in [6.45, 7) is 3.07. The van der Waals surface area contributed by atoms with Crippen LogP contribution in [-0.2, 0) is 0 Å². The predicted molar refractivity (Wildman–Crippen MR) is 79.4 cm³/mol. The Balaban J connectivity index is 1.45. The highest BCUT2D eigenvalue weighted by Crippen LogP contribution is 2.34. The minimum atomic E-state index is -0.0672. The number of fused-ring (bicyclic) bond motifs is 1. The van der Waals surface area contributed by atoms with Crippen LogP contribution in [0.1, 0.15) is 14.5 Å². The van der Waals surface area contributed by atoms with E-state index in [1.807, 2.05) is 31.2 Å². The molecule has 110 valence electrons. The van der Waals surface area contributed by atoms with Crippen LogP contribution in [-0.4, -0.2) is 25.9 Å². The average Bonchev–Trinajstić information content (AvgIpc) is 3.11. The molecule has 21 heavy (non-hydrogen) atoms. The number of carbonyl (C=O) groups excluding carboxylic acids is 1. The number of rotatable bonds is 5. The molecular weight excluding hydrogens is 290 g/mol. The van der Waals surface area contributed by atoms with Gasteiger partial charge in [-0.3, -0.25) is 4.79 Å². The van der Waals surface area contributed by atoms with Crippen molar-refractivity contribution in [3.63, 3.8) is 0 Å². The van der Waals surface area contributed by atoms with Crippen molar-refractivity contribution in [3.8, 4) is 17.2 Å². The fourth-order valence-corrected chi connectivity index (χ4v) is 2.73. The van der Waals surface area contributed by atoms with E-state index in [0.717, 1.165) is 15.5 Å². The largest absolute Gasteiger partial charge is 0.492 e. The first-order valence-electron chi connectivity index (χ1n) is 6.59. The highest BCUT2D eigenvalue weighted by Gasteiger charge is 2.13. The van der Waals surface area contributed by atoms with Gasteiger partial charge in [-0.1, -0.05) is 0 Å². The molecule has 0 bridgehead atoms. The van der Waals surface area contributed by atoms with Crippen molar-refractivity contribution in [1.82, 2.24) is 5.32 Å². The van der Waals surface area contributed by atoms with Gasteiger partial charge in [0, 0.05) is 10.9 Å². The molecule has 1 aromatic carbocycles. The molecular formula is C15H15NO4S. The lowest BCUT2D eigenvalue weighted by molar-refractivity contribution is 0.0951. The molecule has 6 heteroatoms. The monoisotopic (exact) mass is 305 g/mol. The van der Waals surface area contributed by atoms with E-state index in [2.05, 4.69) is 5.32 Å². The molecule has 0 atom stereocenters. The normalized spacial score (nSPS) is 12.2. The molecule has 3 rings (SSSR count). The first kappa shape index (κ1) is 13.8. The maximum absolute atomic E-state index is 11.8. The highest BCUT2D eigenvalue weighted by molar-refractivity contribution is 7.13. The minimum absolute atomic E-state index is 0.0672. The Hall–Kier alpha value is -2.21. The molecule has 0 aliphatic carbocycles. The number of ether oxygens (including phenoxy) is 3.